The molecular weight excluding hydrogens is 1400 g/mol. The average Bonchev–Trinajstić information content (AvgIpc) is 0.790. The number of hydrogen-bond donors (Lipinski definition) is 20. The highest BCUT2D eigenvalue weighted by Gasteiger charge is 2.35. The topological polar surface area (TPSA) is 619 Å². The number of anilines is 2. The summed E-state index contributed by atoms with van der Waals surface area (Å²) in [5.74, 6) is -9.91. The summed E-state index contributed by atoms with van der Waals surface area (Å²) in [5.41, 5.74) is 47.3. The molecule has 0 saturated heterocycles. The SMILES string of the molecule is CC(C)[C@H](NC(=O)[C@H](CCCCN)NC(=O)[C@H](CCCCN)NC(=O)[C@H](CCCN=C(N)N)NC(=O)CN(C)CCC(=O)Nc1ccc2cc3ccc(NC(=O)CCN(C)CC(=O)N[C@@H](CCCN=C(N)N)C(=O)N[C@@H](CCCCN)C(=O)N[C@@H](CCCCN)C(=O)N[C@H](C(=O)O)C(C)C)cc3[nH+]c2c1)C(=O)O. The minimum Gasteiger partial charge on any atom is -0.480 e. The van der Waals surface area contributed by atoms with E-state index >= 15 is 0 Å². The maximum absolute atomic E-state index is 14.1. The first-order chi connectivity index (χ1) is 51.3. The summed E-state index contributed by atoms with van der Waals surface area (Å²) < 4.78 is 0. The predicted octanol–water partition coefficient (Wildman–Crippen LogP) is -2.69. The molecule has 0 bridgehead atoms. The Morgan fingerprint density at radius 1 is 0.398 bits per heavy atom. The number of guanidine groups is 2. The molecule has 3 aromatic rings. The van der Waals surface area contributed by atoms with Gasteiger partial charge in [-0.3, -0.25) is 67.7 Å². The number of carbonyl (C=O) groups excluding carboxylic acids is 10. The summed E-state index contributed by atoms with van der Waals surface area (Å²) in [6, 6.07) is 3.03. The van der Waals surface area contributed by atoms with Crippen LogP contribution in [0.1, 0.15) is 143 Å². The minimum absolute atomic E-state index is 0.0394. The highest BCUT2D eigenvalue weighted by atomic mass is 16.4. The zero-order valence-corrected chi connectivity index (χ0v) is 63.3. The number of nitrogens with two attached hydrogens (primary N) is 8. The third-order valence-electron chi connectivity index (χ3n) is 17.5. The number of carbonyl (C=O) groups is 12. The Morgan fingerprint density at radius 3 is 0.963 bits per heavy atom. The van der Waals surface area contributed by atoms with E-state index in [0.29, 0.717) is 100.0 Å². The van der Waals surface area contributed by atoms with Crippen LogP contribution in [-0.4, -0.2) is 231 Å². The van der Waals surface area contributed by atoms with Crippen LogP contribution in [0.5, 0.6) is 0 Å². The van der Waals surface area contributed by atoms with Crippen molar-refractivity contribution >= 4 is 116 Å². The number of amides is 10. The van der Waals surface area contributed by atoms with Crippen LogP contribution in [0.3, 0.4) is 0 Å². The molecule has 29 N–H and O–H groups in total. The number of H-pyrrole nitrogens is 1. The molecular formula is C71H120N23O14+. The van der Waals surface area contributed by atoms with Gasteiger partial charge in [0.25, 0.3) is 0 Å². The number of rotatable bonds is 54. The molecule has 602 valence electrons. The van der Waals surface area contributed by atoms with Gasteiger partial charge in [0.2, 0.25) is 70.1 Å². The number of carboxylic acids is 2. The van der Waals surface area contributed by atoms with E-state index in [0.717, 1.165) is 10.8 Å². The van der Waals surface area contributed by atoms with Gasteiger partial charge in [-0.25, -0.2) is 14.6 Å². The first-order valence-electron chi connectivity index (χ1n) is 36.9. The molecule has 0 aliphatic carbocycles. The number of nitrogens with zero attached hydrogens (tertiary/aromatic N) is 4. The highest BCUT2D eigenvalue weighted by Crippen LogP contribution is 2.23. The zero-order chi connectivity index (χ0) is 80.4. The van der Waals surface area contributed by atoms with Crippen LogP contribution in [0, 0.1) is 11.8 Å². The lowest BCUT2D eigenvalue weighted by molar-refractivity contribution is -0.310. The van der Waals surface area contributed by atoms with Crippen molar-refractivity contribution in [1.82, 2.24) is 52.3 Å². The third-order valence-corrected chi connectivity index (χ3v) is 17.5. The van der Waals surface area contributed by atoms with Crippen LogP contribution in [0.2, 0.25) is 0 Å². The van der Waals surface area contributed by atoms with Crippen molar-refractivity contribution in [1.29, 1.82) is 0 Å². The number of nitrogens with one attached hydrogen (secondary N) is 11. The van der Waals surface area contributed by atoms with Gasteiger partial charge < -0.3 is 109 Å². The summed E-state index contributed by atoms with van der Waals surface area (Å²) >= 11 is 0. The van der Waals surface area contributed by atoms with Crippen molar-refractivity contribution in [3.63, 3.8) is 0 Å². The number of likely N-dealkylation sites (N-methyl/N-ethyl adjacent to an activating group) is 2. The Hall–Kier alpha value is -9.95. The third kappa shape index (κ3) is 35.6. The summed E-state index contributed by atoms with van der Waals surface area (Å²) in [6.45, 7) is 7.77. The second-order valence-corrected chi connectivity index (χ2v) is 27.6. The predicted molar refractivity (Wildman–Crippen MR) is 411 cm³/mol. The maximum Gasteiger partial charge on any atom is 0.326 e. The monoisotopic (exact) mass is 1520 g/mol. The van der Waals surface area contributed by atoms with Crippen LogP contribution in [0.4, 0.5) is 11.4 Å². The van der Waals surface area contributed by atoms with Gasteiger partial charge in [0.1, 0.15) is 48.3 Å². The number of pyridine rings is 1. The second kappa shape index (κ2) is 49.8. The van der Waals surface area contributed by atoms with E-state index < -0.39 is 119 Å². The Kier molecular flexibility index (Phi) is 42.6. The van der Waals surface area contributed by atoms with Crippen LogP contribution >= 0.6 is 0 Å². The van der Waals surface area contributed by atoms with Gasteiger partial charge in [0.05, 0.1) is 13.1 Å². The van der Waals surface area contributed by atoms with Crippen LogP contribution in [-0.2, 0) is 57.5 Å². The molecule has 10 amide bonds. The average molecular weight is 1520 g/mol. The van der Waals surface area contributed by atoms with Gasteiger partial charge >= 0.3 is 11.9 Å². The van der Waals surface area contributed by atoms with E-state index in [1.54, 1.807) is 75.9 Å². The number of benzene rings is 2. The van der Waals surface area contributed by atoms with E-state index in [1.165, 1.54) is 0 Å². The molecule has 2 aromatic carbocycles. The summed E-state index contributed by atoms with van der Waals surface area (Å²) in [4.78, 5) is 176. The van der Waals surface area contributed by atoms with Gasteiger partial charge in [-0.2, -0.15) is 0 Å². The molecule has 37 heteroatoms. The lowest BCUT2D eigenvalue weighted by Crippen LogP contribution is -2.58. The lowest BCUT2D eigenvalue weighted by Gasteiger charge is -2.27. The second-order valence-electron chi connectivity index (χ2n) is 27.6. The zero-order valence-electron chi connectivity index (χ0n) is 63.3. The Bertz CT molecular complexity index is 3280. The standard InChI is InChI=1S/C71H119N23O14/c1-42(2)60(68(105)106)91-66(103)52(19-9-13-31-74)89-64(101)50(17-7-11-29-72)87-62(99)48(21-15-33-80-70(76)77)85-58(97)40-93(5)35-27-56(95)82-46-25-23-44-37-45-24-26-47(39-55(45)84-54(44)38-46)83-57(96)28-36-94(6)41-59(98)86-49(22-16-34-81-71(78)79)63(100)88-51(18-8-12-30-73)65(102)90-53(20-10-14-32-75)67(104)92-61(43(3)4)69(107)108/h23-26,37-39,42-43,48-53,60-61H,7-22,27-36,40-41,72-75H2,1-6H3,(H,82,95)(H,83,96)(H,85,97)(H,86,98)(H,87,99)(H,88,100)(H,89,101)(H,90,102)(H,91,103)(H,92,104)(H,105,106)(H,107,108)(H4,76,77,80)(H4,78,79,81)/p+1/t48-,49-,50-,51-,52-,53-,60-,61-/m0/s1. The molecule has 0 spiro atoms. The molecule has 1 heterocycles. The Labute approximate surface area is 630 Å². The van der Waals surface area contributed by atoms with Crippen LogP contribution in [0.25, 0.3) is 21.8 Å². The van der Waals surface area contributed by atoms with Crippen molar-refractivity contribution in [2.75, 3.05) is 90.2 Å². The summed E-state index contributed by atoms with van der Waals surface area (Å²) in [5, 5.41) is 48.3. The van der Waals surface area contributed by atoms with E-state index in [1.807, 2.05) is 18.2 Å². The number of carboxylic acid groups (broad SMARTS) is 2. The van der Waals surface area contributed by atoms with Crippen molar-refractivity contribution in [3.05, 3.63) is 42.5 Å². The molecule has 0 radical (unpaired) electrons. The number of unbranched alkanes of at least 4 members (excludes halogenated alkanes) is 4. The summed E-state index contributed by atoms with van der Waals surface area (Å²) in [6.07, 6.45) is 4.75. The largest absolute Gasteiger partial charge is 0.480 e. The number of aliphatic imine (C=N–C) groups is 2. The molecule has 1 aromatic heterocycles. The normalized spacial score (nSPS) is 13.5. The van der Waals surface area contributed by atoms with Gasteiger partial charge in [-0.05, 0) is 185 Å². The number of aromatic amines is 1. The number of aliphatic carboxylic acids is 2. The Balaban J connectivity index is 1.68. The van der Waals surface area contributed by atoms with Crippen LogP contribution in [0.15, 0.2) is 52.4 Å². The molecule has 0 aliphatic heterocycles. The fraction of sp³-hybridized carbons (Fsp3) is 0.620. The molecule has 108 heavy (non-hydrogen) atoms. The van der Waals surface area contributed by atoms with Crippen molar-refractivity contribution < 1.29 is 72.7 Å². The van der Waals surface area contributed by atoms with Crippen LogP contribution < -0.4 is 104 Å². The van der Waals surface area contributed by atoms with E-state index in [2.05, 4.69) is 68.1 Å². The van der Waals surface area contributed by atoms with Gasteiger partial charge in [-0.15, -0.1) is 0 Å². The fourth-order valence-electron chi connectivity index (χ4n) is 11.4. The molecule has 0 aliphatic rings. The molecule has 0 fully saturated rings. The molecule has 8 atom stereocenters. The molecule has 3 rings (SSSR count). The van der Waals surface area contributed by atoms with Gasteiger partial charge in [0, 0.05) is 73.3 Å². The maximum atomic E-state index is 14.1. The lowest BCUT2D eigenvalue weighted by atomic mass is 10.0. The van der Waals surface area contributed by atoms with Gasteiger partial charge in [0.15, 0.2) is 11.9 Å². The Morgan fingerprint density at radius 2 is 0.685 bits per heavy atom. The van der Waals surface area contributed by atoms with E-state index in [4.69, 9.17) is 45.9 Å². The molecule has 0 saturated carbocycles. The van der Waals surface area contributed by atoms with E-state index in [9.17, 15) is 67.7 Å². The van der Waals surface area contributed by atoms with Gasteiger partial charge in [-0.1, -0.05) is 27.7 Å². The highest BCUT2D eigenvalue weighted by molar-refractivity contribution is 5.99. The number of aromatic nitrogens is 1. The minimum atomic E-state index is -1.24. The fourth-order valence-corrected chi connectivity index (χ4v) is 11.4. The van der Waals surface area contributed by atoms with Crippen molar-refractivity contribution in [2.45, 2.75) is 192 Å². The first kappa shape index (κ1) is 92.3. The van der Waals surface area contributed by atoms with Crippen molar-refractivity contribution in [2.24, 2.45) is 67.7 Å². The smallest absolute Gasteiger partial charge is 0.326 e. The van der Waals surface area contributed by atoms with E-state index in [-0.39, 0.29) is 127 Å². The number of fused-ring (bicyclic) bond motifs is 2. The molecule has 0 unspecified atom stereocenters. The molecule has 37 nitrogen and oxygen atoms in total. The quantitative estimate of drug-likeness (QED) is 0.0118. The first-order valence-corrected chi connectivity index (χ1v) is 36.9. The summed E-state index contributed by atoms with van der Waals surface area (Å²) in [7, 11) is 3.24. The van der Waals surface area contributed by atoms with Crippen molar-refractivity contribution in [3.8, 4) is 0 Å². The number of hydrogen-bond acceptors (Lipinski definition) is 20.